The fraction of sp³-hybridized carbons (Fsp3) is 0.333. The average Bonchev–Trinajstić information content (AvgIpc) is 2.33. The second-order valence-electron chi connectivity index (χ2n) is 2.02. The van der Waals surface area contributed by atoms with Gasteiger partial charge in [0.15, 0.2) is 0 Å². The molecule has 0 saturated carbocycles. The lowest BCUT2D eigenvalue weighted by atomic mass is 10.2. The molecule has 9 heavy (non-hydrogen) atoms. The van der Waals surface area contributed by atoms with E-state index in [1.54, 1.807) is 6.21 Å². The first-order chi connectivity index (χ1) is 4.47. The summed E-state index contributed by atoms with van der Waals surface area (Å²) in [5.74, 6) is 0.914. The van der Waals surface area contributed by atoms with Crippen molar-refractivity contribution in [1.29, 1.82) is 0 Å². The molecule has 1 N–H and O–H groups in total. The largest absolute Gasteiger partial charge is 0.285 e. The second kappa shape index (κ2) is 1.77. The predicted molar refractivity (Wildman–Crippen MR) is 36.9 cm³/mol. The zero-order valence-electron chi connectivity index (χ0n) is 4.91. The number of aliphatic imine (C=N–C) groups is 2. The van der Waals surface area contributed by atoms with Crippen molar-refractivity contribution in [3.8, 4) is 0 Å². The molecule has 46 valence electrons. The summed E-state index contributed by atoms with van der Waals surface area (Å²) in [5.41, 5.74) is 0. The third-order valence-corrected chi connectivity index (χ3v) is 1.43. The van der Waals surface area contributed by atoms with Gasteiger partial charge in [0.1, 0.15) is 5.84 Å². The van der Waals surface area contributed by atoms with Crippen LogP contribution in [0.25, 0.3) is 0 Å². The van der Waals surface area contributed by atoms with Crippen molar-refractivity contribution in [2.45, 2.75) is 6.04 Å². The predicted octanol–water partition coefficient (Wildman–Crippen LogP) is -0.0452. The first-order valence-corrected chi connectivity index (χ1v) is 2.95. The molecule has 0 saturated heterocycles. The zero-order chi connectivity index (χ0) is 6.10. The minimum Gasteiger partial charge on any atom is -0.285 e. The normalized spacial score (nSPS) is 30.2. The molecule has 3 heteroatoms. The average molecular weight is 121 g/mol. The van der Waals surface area contributed by atoms with E-state index < -0.39 is 0 Å². The number of hydrogen-bond acceptors (Lipinski definition) is 3. The quantitative estimate of drug-likeness (QED) is 0.479. The van der Waals surface area contributed by atoms with Gasteiger partial charge in [-0.05, 0) is 6.08 Å². The minimum atomic E-state index is 0.287. The van der Waals surface area contributed by atoms with Crippen molar-refractivity contribution in [2.24, 2.45) is 9.98 Å². The van der Waals surface area contributed by atoms with E-state index in [0.717, 1.165) is 5.84 Å². The Morgan fingerprint density at radius 2 is 2.67 bits per heavy atom. The lowest BCUT2D eigenvalue weighted by Crippen LogP contribution is -2.28. The Kier molecular flexibility index (Phi) is 0.960. The van der Waals surface area contributed by atoms with Crippen molar-refractivity contribution >= 4 is 12.1 Å². The number of dihydropyridines is 1. The highest BCUT2D eigenvalue weighted by Gasteiger charge is 2.17. The van der Waals surface area contributed by atoms with Crippen LogP contribution in [0.1, 0.15) is 0 Å². The van der Waals surface area contributed by atoms with Crippen LogP contribution >= 0.6 is 0 Å². The molecule has 2 heterocycles. The second-order valence-corrected chi connectivity index (χ2v) is 2.02. The van der Waals surface area contributed by atoms with Crippen LogP contribution in [0.5, 0.6) is 0 Å². The number of amidine groups is 1. The summed E-state index contributed by atoms with van der Waals surface area (Å²) in [4.78, 5) is 8.18. The fourth-order valence-electron chi connectivity index (χ4n) is 0.970. The van der Waals surface area contributed by atoms with Gasteiger partial charge in [0.25, 0.3) is 0 Å². The molecular weight excluding hydrogens is 114 g/mol. The van der Waals surface area contributed by atoms with Gasteiger partial charge in [-0.3, -0.25) is 10.3 Å². The molecule has 2 rings (SSSR count). The number of nitrogens with one attached hydrogen (secondary N) is 1. The van der Waals surface area contributed by atoms with Crippen molar-refractivity contribution in [3.05, 3.63) is 12.2 Å². The van der Waals surface area contributed by atoms with Gasteiger partial charge in [0.2, 0.25) is 0 Å². The van der Waals surface area contributed by atoms with E-state index in [0.29, 0.717) is 6.67 Å². The molecule has 0 spiro atoms. The molecule has 0 aromatic heterocycles. The molecule has 0 bridgehead atoms. The van der Waals surface area contributed by atoms with E-state index in [-0.39, 0.29) is 6.04 Å². The molecule has 0 aromatic carbocycles. The summed E-state index contributed by atoms with van der Waals surface area (Å²) < 4.78 is 0. The highest BCUT2D eigenvalue weighted by atomic mass is 15.2. The van der Waals surface area contributed by atoms with E-state index in [9.17, 15) is 0 Å². The van der Waals surface area contributed by atoms with Gasteiger partial charge < -0.3 is 0 Å². The molecule has 0 aromatic rings. The van der Waals surface area contributed by atoms with Crippen LogP contribution in [0.2, 0.25) is 0 Å². The van der Waals surface area contributed by atoms with Crippen molar-refractivity contribution in [1.82, 2.24) is 5.32 Å². The topological polar surface area (TPSA) is 36.8 Å². The standard InChI is InChI=1S/C6H7N3/c1-2-5-6(7-3-1)9-4-8-5/h1-3,5,8H,4H2. The van der Waals surface area contributed by atoms with Gasteiger partial charge >= 0.3 is 0 Å². The lowest BCUT2D eigenvalue weighted by Gasteiger charge is -2.05. The van der Waals surface area contributed by atoms with Gasteiger partial charge in [-0.1, -0.05) is 6.08 Å². The summed E-state index contributed by atoms with van der Waals surface area (Å²) in [6, 6.07) is 0.287. The van der Waals surface area contributed by atoms with Crippen molar-refractivity contribution < 1.29 is 0 Å². The molecule has 1 unspecified atom stereocenters. The summed E-state index contributed by atoms with van der Waals surface area (Å²) >= 11 is 0. The van der Waals surface area contributed by atoms with Gasteiger partial charge in [-0.25, -0.2) is 4.99 Å². The number of allylic oxidation sites excluding steroid dienone is 1. The highest BCUT2D eigenvalue weighted by molar-refractivity contribution is 6.00. The van der Waals surface area contributed by atoms with Crippen LogP contribution < -0.4 is 5.32 Å². The highest BCUT2D eigenvalue weighted by Crippen LogP contribution is 2.02. The van der Waals surface area contributed by atoms with Gasteiger partial charge in [-0.15, -0.1) is 0 Å². The summed E-state index contributed by atoms with van der Waals surface area (Å²) in [6.45, 7) is 0.710. The van der Waals surface area contributed by atoms with Crippen molar-refractivity contribution in [2.75, 3.05) is 6.67 Å². The van der Waals surface area contributed by atoms with Crippen LogP contribution in [-0.2, 0) is 0 Å². The number of fused-ring (bicyclic) bond motifs is 1. The van der Waals surface area contributed by atoms with E-state index in [4.69, 9.17) is 0 Å². The SMILES string of the molecule is C1=CC2NCN=C2N=C1. The molecule has 0 aliphatic carbocycles. The van der Waals surface area contributed by atoms with Gasteiger partial charge in [-0.2, -0.15) is 0 Å². The molecule has 2 aliphatic rings. The third kappa shape index (κ3) is 0.695. The van der Waals surface area contributed by atoms with Crippen LogP contribution in [-0.4, -0.2) is 24.8 Å². The first-order valence-electron chi connectivity index (χ1n) is 2.95. The summed E-state index contributed by atoms with van der Waals surface area (Å²) in [6.07, 6.45) is 5.75. The Labute approximate surface area is 53.2 Å². The minimum absolute atomic E-state index is 0.287. The molecule has 0 radical (unpaired) electrons. The Balaban J connectivity index is 2.33. The number of rotatable bonds is 0. The molecule has 1 atom stereocenters. The smallest absolute Gasteiger partial charge is 0.145 e. The Morgan fingerprint density at radius 3 is 3.56 bits per heavy atom. The maximum atomic E-state index is 4.11. The van der Waals surface area contributed by atoms with Crippen molar-refractivity contribution in [3.63, 3.8) is 0 Å². The molecular formula is C6H7N3. The van der Waals surface area contributed by atoms with Crippen LogP contribution in [0.3, 0.4) is 0 Å². The Hall–Kier alpha value is -0.960. The number of nitrogens with zero attached hydrogens (tertiary/aromatic N) is 2. The Morgan fingerprint density at radius 1 is 1.67 bits per heavy atom. The summed E-state index contributed by atoms with van der Waals surface area (Å²) in [7, 11) is 0. The van der Waals surface area contributed by atoms with Crippen LogP contribution in [0.15, 0.2) is 22.1 Å². The zero-order valence-corrected chi connectivity index (χ0v) is 4.91. The first kappa shape index (κ1) is 4.88. The van der Waals surface area contributed by atoms with Crippen LogP contribution in [0, 0.1) is 0 Å². The maximum absolute atomic E-state index is 4.11. The fourth-order valence-corrected chi connectivity index (χ4v) is 0.970. The molecule has 2 aliphatic heterocycles. The van der Waals surface area contributed by atoms with Gasteiger partial charge in [0.05, 0.1) is 12.7 Å². The molecule has 3 nitrogen and oxygen atoms in total. The van der Waals surface area contributed by atoms with E-state index in [2.05, 4.69) is 21.4 Å². The lowest BCUT2D eigenvalue weighted by molar-refractivity contribution is 0.769. The molecule has 0 amide bonds. The van der Waals surface area contributed by atoms with E-state index in [1.807, 2.05) is 6.08 Å². The number of hydrogen-bond donors (Lipinski definition) is 1. The van der Waals surface area contributed by atoms with Gasteiger partial charge in [0, 0.05) is 6.21 Å². The maximum Gasteiger partial charge on any atom is 0.145 e. The third-order valence-electron chi connectivity index (χ3n) is 1.43. The van der Waals surface area contributed by atoms with Crippen LogP contribution in [0.4, 0.5) is 0 Å². The molecule has 0 fully saturated rings. The Bertz CT molecular complexity index is 200. The van der Waals surface area contributed by atoms with E-state index >= 15 is 0 Å². The summed E-state index contributed by atoms with van der Waals surface area (Å²) in [5, 5.41) is 3.15. The van der Waals surface area contributed by atoms with E-state index in [1.165, 1.54) is 0 Å². The monoisotopic (exact) mass is 121 g/mol.